The number of carbonyl (C=O) groups is 1. The van der Waals surface area contributed by atoms with Gasteiger partial charge in [0.15, 0.2) is 5.13 Å². The fourth-order valence-corrected chi connectivity index (χ4v) is 2.61. The number of rotatable bonds is 5. The number of benzene rings is 1. The molecule has 1 aromatic carbocycles. The first-order chi connectivity index (χ1) is 9.58. The van der Waals surface area contributed by atoms with E-state index < -0.39 is 0 Å². The number of esters is 1. The predicted molar refractivity (Wildman–Crippen MR) is 79.8 cm³/mol. The van der Waals surface area contributed by atoms with E-state index in [0.717, 1.165) is 5.69 Å². The van der Waals surface area contributed by atoms with E-state index in [4.69, 9.17) is 4.74 Å². The van der Waals surface area contributed by atoms with Gasteiger partial charge in [-0.05, 0) is 41.1 Å². The number of ether oxygens (including phenoxy) is 1. The van der Waals surface area contributed by atoms with Gasteiger partial charge in [0.2, 0.25) is 0 Å². The van der Waals surface area contributed by atoms with Crippen molar-refractivity contribution in [2.45, 2.75) is 13.3 Å². The Morgan fingerprint density at radius 3 is 3.05 bits per heavy atom. The Morgan fingerprint density at radius 1 is 1.55 bits per heavy atom. The first-order valence-electron chi connectivity index (χ1n) is 5.90. The zero-order chi connectivity index (χ0) is 14.5. The summed E-state index contributed by atoms with van der Waals surface area (Å²) in [4.78, 5) is 15.6. The van der Waals surface area contributed by atoms with Crippen molar-refractivity contribution in [2.24, 2.45) is 0 Å². The number of thiazole rings is 1. The van der Waals surface area contributed by atoms with Gasteiger partial charge in [-0.2, -0.15) is 0 Å². The van der Waals surface area contributed by atoms with Crippen molar-refractivity contribution in [3.8, 4) is 0 Å². The van der Waals surface area contributed by atoms with Crippen LogP contribution >= 0.6 is 27.3 Å². The lowest BCUT2D eigenvalue weighted by atomic mass is 10.3. The van der Waals surface area contributed by atoms with Crippen LogP contribution in [0.5, 0.6) is 0 Å². The summed E-state index contributed by atoms with van der Waals surface area (Å²) in [5.74, 6) is -0.619. The molecule has 1 aromatic heterocycles. The van der Waals surface area contributed by atoms with Gasteiger partial charge in [-0.15, -0.1) is 11.3 Å². The molecular weight excluding hydrogens is 347 g/mol. The molecule has 0 spiro atoms. The minimum Gasteiger partial charge on any atom is -0.466 e. The standard InChI is InChI=1S/C13H12BrFN2O2S/c1-2-19-12(18)6-9-7-20-13(17-9)16-8-3-4-11(15)10(14)5-8/h3-5,7H,2,6H2,1H3,(H,16,17). The third-order valence-corrected chi connectivity index (χ3v) is 3.77. The number of hydrogen-bond donors (Lipinski definition) is 1. The van der Waals surface area contributed by atoms with Gasteiger partial charge in [0.1, 0.15) is 5.82 Å². The number of anilines is 2. The fraction of sp³-hybridized carbons (Fsp3) is 0.231. The highest BCUT2D eigenvalue weighted by molar-refractivity contribution is 9.10. The molecule has 2 rings (SSSR count). The molecule has 0 aliphatic heterocycles. The molecular formula is C13H12BrFN2O2S. The zero-order valence-electron chi connectivity index (χ0n) is 10.7. The molecule has 0 atom stereocenters. The number of nitrogens with zero attached hydrogens (tertiary/aromatic N) is 1. The summed E-state index contributed by atoms with van der Waals surface area (Å²) in [6.07, 6.45) is 0.152. The Morgan fingerprint density at radius 2 is 2.35 bits per heavy atom. The van der Waals surface area contributed by atoms with Gasteiger partial charge >= 0.3 is 5.97 Å². The largest absolute Gasteiger partial charge is 0.466 e. The van der Waals surface area contributed by atoms with Crippen molar-refractivity contribution in [3.05, 3.63) is 39.6 Å². The lowest BCUT2D eigenvalue weighted by molar-refractivity contribution is -0.142. The summed E-state index contributed by atoms with van der Waals surface area (Å²) >= 11 is 4.50. The van der Waals surface area contributed by atoms with E-state index in [2.05, 4.69) is 26.2 Å². The average molecular weight is 359 g/mol. The van der Waals surface area contributed by atoms with Gasteiger partial charge in [-0.25, -0.2) is 9.37 Å². The molecule has 0 saturated heterocycles. The fourth-order valence-electron chi connectivity index (χ4n) is 1.50. The van der Waals surface area contributed by atoms with E-state index in [1.807, 2.05) is 0 Å². The number of halogens is 2. The maximum Gasteiger partial charge on any atom is 0.311 e. The molecule has 0 saturated carbocycles. The molecule has 0 amide bonds. The summed E-state index contributed by atoms with van der Waals surface area (Å²) in [5.41, 5.74) is 1.37. The second-order valence-electron chi connectivity index (χ2n) is 3.88. The maximum absolute atomic E-state index is 13.1. The second kappa shape index (κ2) is 6.81. The van der Waals surface area contributed by atoms with Crippen LogP contribution < -0.4 is 5.32 Å². The molecule has 7 heteroatoms. The Labute approximate surface area is 128 Å². The van der Waals surface area contributed by atoms with E-state index in [1.54, 1.807) is 24.4 Å². The Kier molecular flexibility index (Phi) is 5.08. The molecule has 0 aliphatic rings. The Bertz CT molecular complexity index is 618. The van der Waals surface area contributed by atoms with E-state index in [1.165, 1.54) is 17.4 Å². The molecule has 0 bridgehead atoms. The topological polar surface area (TPSA) is 51.2 Å². The molecule has 0 unspecified atom stereocenters. The van der Waals surface area contributed by atoms with E-state index in [9.17, 15) is 9.18 Å². The molecule has 0 fully saturated rings. The van der Waals surface area contributed by atoms with Crippen LogP contribution in [0, 0.1) is 5.82 Å². The van der Waals surface area contributed by atoms with Crippen LogP contribution in [-0.4, -0.2) is 17.6 Å². The summed E-state index contributed by atoms with van der Waals surface area (Å²) in [6.45, 7) is 2.12. The number of hydrogen-bond acceptors (Lipinski definition) is 5. The summed E-state index contributed by atoms with van der Waals surface area (Å²) in [7, 11) is 0. The molecule has 2 aromatic rings. The zero-order valence-corrected chi connectivity index (χ0v) is 13.1. The number of carbonyl (C=O) groups excluding carboxylic acids is 1. The van der Waals surface area contributed by atoms with Crippen LogP contribution in [0.4, 0.5) is 15.2 Å². The lowest BCUT2D eigenvalue weighted by Gasteiger charge is -2.03. The third kappa shape index (κ3) is 4.01. The second-order valence-corrected chi connectivity index (χ2v) is 5.59. The van der Waals surface area contributed by atoms with Crippen molar-refractivity contribution >= 4 is 44.1 Å². The van der Waals surface area contributed by atoms with Crippen LogP contribution in [-0.2, 0) is 16.0 Å². The molecule has 1 N–H and O–H groups in total. The average Bonchev–Trinajstić information content (AvgIpc) is 2.81. The highest BCUT2D eigenvalue weighted by atomic mass is 79.9. The van der Waals surface area contributed by atoms with Crippen LogP contribution in [0.15, 0.2) is 28.1 Å². The van der Waals surface area contributed by atoms with Gasteiger partial charge in [-0.3, -0.25) is 4.79 Å². The monoisotopic (exact) mass is 358 g/mol. The molecule has 0 radical (unpaired) electrons. The predicted octanol–water partition coefficient (Wildman–Crippen LogP) is 3.89. The van der Waals surface area contributed by atoms with Gasteiger partial charge in [0.05, 0.1) is 23.2 Å². The van der Waals surface area contributed by atoms with Crippen molar-refractivity contribution in [1.29, 1.82) is 0 Å². The van der Waals surface area contributed by atoms with Crippen LogP contribution in [0.2, 0.25) is 0 Å². The maximum atomic E-state index is 13.1. The van der Waals surface area contributed by atoms with Gasteiger partial charge in [0, 0.05) is 11.1 Å². The molecule has 106 valence electrons. The van der Waals surface area contributed by atoms with E-state index >= 15 is 0 Å². The van der Waals surface area contributed by atoms with Gasteiger partial charge in [0.25, 0.3) is 0 Å². The highest BCUT2D eigenvalue weighted by Crippen LogP contribution is 2.25. The summed E-state index contributed by atoms with van der Waals surface area (Å²) < 4.78 is 18.4. The molecule has 0 aliphatic carbocycles. The first kappa shape index (κ1) is 14.9. The van der Waals surface area contributed by atoms with Crippen molar-refractivity contribution in [1.82, 2.24) is 4.98 Å². The third-order valence-electron chi connectivity index (χ3n) is 2.35. The first-order valence-corrected chi connectivity index (χ1v) is 7.58. The minimum absolute atomic E-state index is 0.152. The minimum atomic E-state index is -0.322. The van der Waals surface area contributed by atoms with Gasteiger partial charge in [-0.1, -0.05) is 0 Å². The lowest BCUT2D eigenvalue weighted by Crippen LogP contribution is -2.07. The number of nitrogens with one attached hydrogen (secondary N) is 1. The quantitative estimate of drug-likeness (QED) is 0.823. The SMILES string of the molecule is CCOC(=O)Cc1csc(Nc2ccc(F)c(Br)c2)n1. The van der Waals surface area contributed by atoms with Gasteiger partial charge < -0.3 is 10.1 Å². The van der Waals surface area contributed by atoms with E-state index in [0.29, 0.717) is 21.9 Å². The molecule has 1 heterocycles. The van der Waals surface area contributed by atoms with E-state index in [-0.39, 0.29) is 18.2 Å². The number of aromatic nitrogens is 1. The summed E-state index contributed by atoms with van der Waals surface area (Å²) in [6, 6.07) is 4.60. The molecule has 20 heavy (non-hydrogen) atoms. The Balaban J connectivity index is 2.02. The normalized spacial score (nSPS) is 10.3. The van der Waals surface area contributed by atoms with Crippen molar-refractivity contribution in [2.75, 3.05) is 11.9 Å². The van der Waals surface area contributed by atoms with Crippen LogP contribution in [0.25, 0.3) is 0 Å². The Hall–Kier alpha value is -1.47. The van der Waals surface area contributed by atoms with Crippen molar-refractivity contribution in [3.63, 3.8) is 0 Å². The molecule has 4 nitrogen and oxygen atoms in total. The van der Waals surface area contributed by atoms with Crippen LogP contribution in [0.1, 0.15) is 12.6 Å². The summed E-state index contributed by atoms with van der Waals surface area (Å²) in [5, 5.41) is 5.49. The van der Waals surface area contributed by atoms with Crippen molar-refractivity contribution < 1.29 is 13.9 Å². The smallest absolute Gasteiger partial charge is 0.311 e. The highest BCUT2D eigenvalue weighted by Gasteiger charge is 2.09. The van der Waals surface area contributed by atoms with Crippen LogP contribution in [0.3, 0.4) is 0 Å².